The summed E-state index contributed by atoms with van der Waals surface area (Å²) in [6.07, 6.45) is 1.89. The van der Waals surface area contributed by atoms with Gasteiger partial charge in [-0.15, -0.1) is 0 Å². The number of nitro benzene ring substituents is 1. The van der Waals surface area contributed by atoms with Gasteiger partial charge in [0, 0.05) is 24.4 Å². The Hall–Kier alpha value is -2.15. The SMILES string of the molecule is CN(C)CCCCNc1ccc([N+](=O)[O-])cc1C(=O)O. The van der Waals surface area contributed by atoms with E-state index < -0.39 is 10.9 Å². The lowest BCUT2D eigenvalue weighted by Crippen LogP contribution is -2.14. The fourth-order valence-electron chi connectivity index (χ4n) is 1.75. The molecule has 0 spiro atoms. The molecule has 0 aliphatic carbocycles. The maximum Gasteiger partial charge on any atom is 0.338 e. The quantitative estimate of drug-likeness (QED) is 0.430. The van der Waals surface area contributed by atoms with Crippen LogP contribution in [0.4, 0.5) is 11.4 Å². The van der Waals surface area contributed by atoms with E-state index in [1.807, 2.05) is 14.1 Å². The zero-order chi connectivity index (χ0) is 15.1. The number of nitrogens with one attached hydrogen (secondary N) is 1. The van der Waals surface area contributed by atoms with Gasteiger partial charge in [-0.25, -0.2) is 4.79 Å². The van der Waals surface area contributed by atoms with Gasteiger partial charge in [-0.05, 0) is 39.5 Å². The molecule has 0 aliphatic heterocycles. The van der Waals surface area contributed by atoms with E-state index >= 15 is 0 Å². The number of rotatable bonds is 8. The van der Waals surface area contributed by atoms with Crippen LogP contribution in [0.25, 0.3) is 0 Å². The molecule has 1 rings (SSSR count). The topological polar surface area (TPSA) is 95.7 Å². The van der Waals surface area contributed by atoms with Crippen molar-refractivity contribution in [3.8, 4) is 0 Å². The van der Waals surface area contributed by atoms with E-state index in [0.29, 0.717) is 12.2 Å². The van der Waals surface area contributed by atoms with Crippen molar-refractivity contribution in [1.29, 1.82) is 0 Å². The number of non-ortho nitro benzene ring substituents is 1. The van der Waals surface area contributed by atoms with Gasteiger partial charge >= 0.3 is 5.97 Å². The maximum atomic E-state index is 11.1. The van der Waals surface area contributed by atoms with Gasteiger partial charge in [-0.3, -0.25) is 10.1 Å². The standard InChI is InChI=1S/C13H19N3O4/c1-15(2)8-4-3-7-14-12-6-5-10(16(19)20)9-11(12)13(17)18/h5-6,9,14H,3-4,7-8H2,1-2H3,(H,17,18). The Bertz CT molecular complexity index is 489. The van der Waals surface area contributed by atoms with Crippen LogP contribution in [-0.2, 0) is 0 Å². The van der Waals surface area contributed by atoms with E-state index in [1.54, 1.807) is 0 Å². The van der Waals surface area contributed by atoms with Gasteiger partial charge in [-0.2, -0.15) is 0 Å². The third-order valence-electron chi connectivity index (χ3n) is 2.79. The first-order valence-corrected chi connectivity index (χ1v) is 6.32. The summed E-state index contributed by atoms with van der Waals surface area (Å²) in [4.78, 5) is 23.2. The van der Waals surface area contributed by atoms with Crippen LogP contribution in [0.15, 0.2) is 18.2 Å². The van der Waals surface area contributed by atoms with Crippen molar-refractivity contribution in [1.82, 2.24) is 4.90 Å². The number of nitrogens with zero attached hydrogens (tertiary/aromatic N) is 2. The van der Waals surface area contributed by atoms with Crippen molar-refractivity contribution in [2.75, 3.05) is 32.5 Å². The minimum absolute atomic E-state index is 0.0770. The summed E-state index contributed by atoms with van der Waals surface area (Å²) < 4.78 is 0. The van der Waals surface area contributed by atoms with E-state index in [4.69, 9.17) is 5.11 Å². The van der Waals surface area contributed by atoms with E-state index in [0.717, 1.165) is 25.5 Å². The minimum atomic E-state index is -1.18. The maximum absolute atomic E-state index is 11.1. The molecule has 0 aromatic heterocycles. The molecule has 0 saturated heterocycles. The van der Waals surface area contributed by atoms with Gasteiger partial charge in [-0.1, -0.05) is 0 Å². The molecular formula is C13H19N3O4. The Morgan fingerprint density at radius 1 is 1.40 bits per heavy atom. The molecule has 2 N–H and O–H groups in total. The molecular weight excluding hydrogens is 262 g/mol. The second-order valence-electron chi connectivity index (χ2n) is 4.73. The first kappa shape index (κ1) is 15.9. The first-order chi connectivity index (χ1) is 9.41. The Labute approximate surface area is 117 Å². The average Bonchev–Trinajstić information content (AvgIpc) is 2.37. The van der Waals surface area contributed by atoms with Crippen LogP contribution in [0.5, 0.6) is 0 Å². The molecule has 7 heteroatoms. The monoisotopic (exact) mass is 281 g/mol. The number of anilines is 1. The lowest BCUT2D eigenvalue weighted by atomic mass is 10.1. The summed E-state index contributed by atoms with van der Waals surface area (Å²) in [6.45, 7) is 1.60. The number of aromatic carboxylic acids is 1. The third kappa shape index (κ3) is 4.85. The van der Waals surface area contributed by atoms with Crippen molar-refractivity contribution in [3.05, 3.63) is 33.9 Å². The number of hydrogen-bond acceptors (Lipinski definition) is 5. The Morgan fingerprint density at radius 3 is 2.65 bits per heavy atom. The lowest BCUT2D eigenvalue weighted by molar-refractivity contribution is -0.384. The molecule has 20 heavy (non-hydrogen) atoms. The van der Waals surface area contributed by atoms with Crippen LogP contribution < -0.4 is 5.32 Å². The largest absolute Gasteiger partial charge is 0.478 e. The van der Waals surface area contributed by atoms with Crippen LogP contribution in [0.2, 0.25) is 0 Å². The van der Waals surface area contributed by atoms with Gasteiger partial charge in [0.2, 0.25) is 0 Å². The predicted molar refractivity (Wildman–Crippen MR) is 76.3 cm³/mol. The van der Waals surface area contributed by atoms with E-state index in [2.05, 4.69) is 10.2 Å². The first-order valence-electron chi connectivity index (χ1n) is 6.32. The summed E-state index contributed by atoms with van der Waals surface area (Å²) in [6, 6.07) is 3.81. The van der Waals surface area contributed by atoms with E-state index in [-0.39, 0.29) is 11.3 Å². The molecule has 0 saturated carbocycles. The molecule has 0 fully saturated rings. The lowest BCUT2D eigenvalue weighted by Gasteiger charge is -2.11. The van der Waals surface area contributed by atoms with Gasteiger partial charge in [0.25, 0.3) is 5.69 Å². The van der Waals surface area contributed by atoms with Crippen LogP contribution >= 0.6 is 0 Å². The van der Waals surface area contributed by atoms with E-state index in [9.17, 15) is 14.9 Å². The molecule has 0 heterocycles. The molecule has 0 bridgehead atoms. The fraction of sp³-hybridized carbons (Fsp3) is 0.462. The fourth-order valence-corrected chi connectivity index (χ4v) is 1.75. The number of carbonyl (C=O) groups is 1. The number of benzene rings is 1. The van der Waals surface area contributed by atoms with Crippen molar-refractivity contribution in [2.24, 2.45) is 0 Å². The molecule has 110 valence electrons. The van der Waals surface area contributed by atoms with Crippen LogP contribution in [0.1, 0.15) is 23.2 Å². The molecule has 1 aromatic carbocycles. The summed E-state index contributed by atoms with van der Waals surface area (Å²) in [5, 5.41) is 22.7. The van der Waals surface area contributed by atoms with Crippen LogP contribution in [0.3, 0.4) is 0 Å². The number of carboxylic acid groups (broad SMARTS) is 1. The van der Waals surface area contributed by atoms with Crippen molar-refractivity contribution < 1.29 is 14.8 Å². The molecule has 0 aliphatic rings. The summed E-state index contributed by atoms with van der Waals surface area (Å²) >= 11 is 0. The predicted octanol–water partition coefficient (Wildman–Crippen LogP) is 2.05. The highest BCUT2D eigenvalue weighted by Crippen LogP contribution is 2.22. The minimum Gasteiger partial charge on any atom is -0.478 e. The van der Waals surface area contributed by atoms with Gasteiger partial charge < -0.3 is 15.3 Å². The Kier molecular flexibility index (Phi) is 5.92. The van der Waals surface area contributed by atoms with Crippen LogP contribution in [-0.4, -0.2) is 48.1 Å². The average molecular weight is 281 g/mol. The zero-order valence-electron chi connectivity index (χ0n) is 11.6. The molecule has 1 aromatic rings. The van der Waals surface area contributed by atoms with Gasteiger partial charge in [0.1, 0.15) is 0 Å². The van der Waals surface area contributed by atoms with Crippen molar-refractivity contribution in [3.63, 3.8) is 0 Å². The molecule has 7 nitrogen and oxygen atoms in total. The Morgan fingerprint density at radius 2 is 2.10 bits per heavy atom. The molecule has 0 radical (unpaired) electrons. The van der Waals surface area contributed by atoms with Gasteiger partial charge in [0.05, 0.1) is 10.5 Å². The van der Waals surface area contributed by atoms with Gasteiger partial charge in [0.15, 0.2) is 0 Å². The number of hydrogen-bond donors (Lipinski definition) is 2. The van der Waals surface area contributed by atoms with E-state index in [1.165, 1.54) is 12.1 Å². The van der Waals surface area contributed by atoms with Crippen molar-refractivity contribution in [2.45, 2.75) is 12.8 Å². The zero-order valence-corrected chi connectivity index (χ0v) is 11.6. The number of carboxylic acids is 1. The molecule has 0 amide bonds. The third-order valence-corrected chi connectivity index (χ3v) is 2.79. The van der Waals surface area contributed by atoms with Crippen LogP contribution in [0, 0.1) is 10.1 Å². The Balaban J connectivity index is 2.65. The number of nitro groups is 1. The molecule has 0 atom stereocenters. The highest BCUT2D eigenvalue weighted by molar-refractivity contribution is 5.95. The highest BCUT2D eigenvalue weighted by Gasteiger charge is 2.15. The smallest absolute Gasteiger partial charge is 0.338 e. The summed E-state index contributed by atoms with van der Waals surface area (Å²) in [5.74, 6) is -1.18. The van der Waals surface area contributed by atoms with Crippen molar-refractivity contribution >= 4 is 17.3 Å². The normalized spacial score (nSPS) is 10.6. The second-order valence-corrected chi connectivity index (χ2v) is 4.73. The summed E-state index contributed by atoms with van der Waals surface area (Å²) in [5.41, 5.74) is 0.111. The summed E-state index contributed by atoms with van der Waals surface area (Å²) in [7, 11) is 3.98. The molecule has 0 unspecified atom stereocenters. The highest BCUT2D eigenvalue weighted by atomic mass is 16.6. The second kappa shape index (κ2) is 7.44. The number of unbranched alkanes of at least 4 members (excludes halogenated alkanes) is 1.